The molecule has 4 heterocycles. The molecule has 0 aliphatic carbocycles. The minimum absolute atomic E-state index is 0.0906. The van der Waals surface area contributed by atoms with Crippen LogP contribution < -0.4 is 15.5 Å². The third kappa shape index (κ3) is 5.32. The van der Waals surface area contributed by atoms with Gasteiger partial charge in [-0.25, -0.2) is 9.97 Å². The number of imidazole rings is 1. The Morgan fingerprint density at radius 3 is 2.67 bits per heavy atom. The fraction of sp³-hybridized carbons (Fsp3) is 0.440. The average Bonchev–Trinajstić information content (AvgIpc) is 3.15. The first kappa shape index (κ1) is 22.8. The van der Waals surface area contributed by atoms with Crippen molar-refractivity contribution < 1.29 is 9.59 Å². The van der Waals surface area contributed by atoms with Crippen LogP contribution in [0.15, 0.2) is 36.7 Å². The maximum Gasteiger partial charge on any atom is 0.270 e. The zero-order valence-corrected chi connectivity index (χ0v) is 19.6. The van der Waals surface area contributed by atoms with Crippen molar-refractivity contribution in [3.05, 3.63) is 53.6 Å². The van der Waals surface area contributed by atoms with Crippen LogP contribution in [0.3, 0.4) is 0 Å². The van der Waals surface area contributed by atoms with Gasteiger partial charge in [0.05, 0.1) is 17.6 Å². The van der Waals surface area contributed by atoms with E-state index in [9.17, 15) is 9.59 Å². The van der Waals surface area contributed by atoms with E-state index >= 15 is 0 Å². The van der Waals surface area contributed by atoms with Crippen LogP contribution in [0.25, 0.3) is 5.65 Å². The summed E-state index contributed by atoms with van der Waals surface area (Å²) in [7, 11) is 0. The van der Waals surface area contributed by atoms with Crippen molar-refractivity contribution in [3.8, 4) is 0 Å². The number of carbonyl (C=O) groups excluding carboxylic acids is 2. The molecule has 0 saturated carbocycles. The number of piperidine rings is 1. The van der Waals surface area contributed by atoms with Crippen LogP contribution in [0.1, 0.15) is 54.4 Å². The first-order chi connectivity index (χ1) is 15.9. The molecule has 8 heteroatoms. The Labute approximate surface area is 194 Å². The van der Waals surface area contributed by atoms with Gasteiger partial charge in [0.25, 0.3) is 5.91 Å². The number of nitrogens with zero attached hydrogens (tertiary/aromatic N) is 4. The highest BCUT2D eigenvalue weighted by molar-refractivity contribution is 5.95. The molecule has 8 nitrogen and oxygen atoms in total. The summed E-state index contributed by atoms with van der Waals surface area (Å²) in [6, 6.07) is 7.74. The minimum Gasteiger partial charge on any atom is -0.357 e. The predicted octanol–water partition coefficient (Wildman–Crippen LogP) is 3.73. The van der Waals surface area contributed by atoms with E-state index in [1.54, 1.807) is 6.20 Å². The van der Waals surface area contributed by atoms with Gasteiger partial charge in [-0.2, -0.15) is 0 Å². The van der Waals surface area contributed by atoms with Crippen LogP contribution in [0.2, 0.25) is 0 Å². The van der Waals surface area contributed by atoms with E-state index < -0.39 is 0 Å². The summed E-state index contributed by atoms with van der Waals surface area (Å²) in [5.41, 5.74) is 3.72. The topological polar surface area (TPSA) is 91.6 Å². The Morgan fingerprint density at radius 1 is 1.15 bits per heavy atom. The predicted molar refractivity (Wildman–Crippen MR) is 130 cm³/mol. The monoisotopic (exact) mass is 448 g/mol. The minimum atomic E-state index is -0.182. The molecule has 4 rings (SSSR count). The van der Waals surface area contributed by atoms with Gasteiger partial charge in [0.15, 0.2) is 0 Å². The van der Waals surface area contributed by atoms with Gasteiger partial charge < -0.3 is 15.5 Å². The standard InChI is InChI=1S/C25H32N6O2/c1-17-10-14-30(15-11-17)21-9-8-20(16-27-21)29-22(32)7-4-12-26-25(33)23-19(3)28-24-18(2)6-5-13-31(23)24/h5-6,8-9,13,16-17H,4,7,10-12,14-15H2,1-3H3,(H,26,33)(H,29,32). The third-order valence-electron chi connectivity index (χ3n) is 6.24. The van der Waals surface area contributed by atoms with E-state index in [-0.39, 0.29) is 11.8 Å². The fourth-order valence-electron chi connectivity index (χ4n) is 4.23. The second-order valence-corrected chi connectivity index (χ2v) is 8.91. The fourth-order valence-corrected chi connectivity index (χ4v) is 4.23. The molecule has 174 valence electrons. The summed E-state index contributed by atoms with van der Waals surface area (Å²) in [5, 5.41) is 5.79. The molecule has 2 amide bonds. The van der Waals surface area contributed by atoms with Gasteiger partial charge in [-0.1, -0.05) is 13.0 Å². The van der Waals surface area contributed by atoms with E-state index in [4.69, 9.17) is 0 Å². The molecule has 0 radical (unpaired) electrons. The van der Waals surface area contributed by atoms with Crippen molar-refractivity contribution in [1.82, 2.24) is 19.7 Å². The molecule has 0 aromatic carbocycles. The second kappa shape index (κ2) is 10.0. The lowest BCUT2D eigenvalue weighted by Crippen LogP contribution is -2.33. The first-order valence-corrected chi connectivity index (χ1v) is 11.7. The quantitative estimate of drug-likeness (QED) is 0.538. The van der Waals surface area contributed by atoms with Crippen LogP contribution in [-0.2, 0) is 4.79 Å². The van der Waals surface area contributed by atoms with E-state index in [1.165, 1.54) is 12.8 Å². The molecule has 1 saturated heterocycles. The van der Waals surface area contributed by atoms with E-state index in [0.29, 0.717) is 36.5 Å². The van der Waals surface area contributed by atoms with Crippen molar-refractivity contribution in [3.63, 3.8) is 0 Å². The summed E-state index contributed by atoms with van der Waals surface area (Å²) < 4.78 is 1.81. The molecule has 1 aliphatic rings. The van der Waals surface area contributed by atoms with Crippen molar-refractivity contribution in [2.45, 2.75) is 46.5 Å². The lowest BCUT2D eigenvalue weighted by molar-refractivity contribution is -0.116. The summed E-state index contributed by atoms with van der Waals surface area (Å²) in [4.78, 5) is 36.3. The normalized spacial score (nSPS) is 14.5. The maximum absolute atomic E-state index is 12.7. The lowest BCUT2D eigenvalue weighted by atomic mass is 9.99. The Morgan fingerprint density at radius 2 is 1.94 bits per heavy atom. The van der Waals surface area contributed by atoms with Gasteiger partial charge in [-0.15, -0.1) is 0 Å². The van der Waals surface area contributed by atoms with Gasteiger partial charge in [-0.05, 0) is 62.8 Å². The van der Waals surface area contributed by atoms with Crippen LogP contribution in [-0.4, -0.2) is 45.8 Å². The molecule has 0 atom stereocenters. The Hall–Kier alpha value is -3.42. The molecule has 33 heavy (non-hydrogen) atoms. The zero-order valence-electron chi connectivity index (χ0n) is 19.6. The van der Waals surface area contributed by atoms with Crippen LogP contribution in [0.5, 0.6) is 0 Å². The largest absolute Gasteiger partial charge is 0.357 e. The smallest absolute Gasteiger partial charge is 0.270 e. The van der Waals surface area contributed by atoms with Crippen molar-refractivity contribution in [1.29, 1.82) is 0 Å². The van der Waals surface area contributed by atoms with Crippen molar-refractivity contribution in [2.75, 3.05) is 29.9 Å². The number of fused-ring (bicyclic) bond motifs is 1. The number of amides is 2. The molecule has 0 bridgehead atoms. The van der Waals surface area contributed by atoms with Gasteiger partial charge >= 0.3 is 0 Å². The zero-order chi connectivity index (χ0) is 23.4. The molecule has 2 N–H and O–H groups in total. The van der Waals surface area contributed by atoms with Crippen LogP contribution in [0, 0.1) is 19.8 Å². The maximum atomic E-state index is 12.7. The molecule has 1 aliphatic heterocycles. The number of nitrogens with one attached hydrogen (secondary N) is 2. The highest BCUT2D eigenvalue weighted by Crippen LogP contribution is 2.22. The third-order valence-corrected chi connectivity index (χ3v) is 6.24. The van der Waals surface area contributed by atoms with Gasteiger partial charge in [0.2, 0.25) is 5.91 Å². The summed E-state index contributed by atoms with van der Waals surface area (Å²) in [6.45, 7) is 8.56. The van der Waals surface area contributed by atoms with E-state index in [0.717, 1.165) is 36.0 Å². The molecule has 0 spiro atoms. The number of pyridine rings is 2. The highest BCUT2D eigenvalue weighted by atomic mass is 16.2. The summed E-state index contributed by atoms with van der Waals surface area (Å²) >= 11 is 0. The second-order valence-electron chi connectivity index (χ2n) is 8.91. The molecule has 3 aromatic rings. The number of rotatable bonds is 7. The Balaban J connectivity index is 1.23. The number of anilines is 2. The molecule has 0 unspecified atom stereocenters. The first-order valence-electron chi connectivity index (χ1n) is 11.7. The van der Waals surface area contributed by atoms with Crippen molar-refractivity contribution in [2.24, 2.45) is 5.92 Å². The van der Waals surface area contributed by atoms with Gasteiger partial charge in [0, 0.05) is 32.3 Å². The van der Waals surface area contributed by atoms with Crippen LogP contribution >= 0.6 is 0 Å². The van der Waals surface area contributed by atoms with Gasteiger partial charge in [0.1, 0.15) is 17.2 Å². The highest BCUT2D eigenvalue weighted by Gasteiger charge is 2.18. The van der Waals surface area contributed by atoms with Crippen LogP contribution in [0.4, 0.5) is 11.5 Å². The number of carbonyl (C=O) groups is 2. The number of aryl methyl sites for hydroxylation is 2. The van der Waals surface area contributed by atoms with Crippen molar-refractivity contribution >= 4 is 29.0 Å². The molecule has 3 aromatic heterocycles. The van der Waals surface area contributed by atoms with E-state index in [1.807, 2.05) is 48.7 Å². The Bertz CT molecular complexity index is 1130. The molecular weight excluding hydrogens is 416 g/mol. The van der Waals surface area contributed by atoms with Gasteiger partial charge in [-0.3, -0.25) is 14.0 Å². The lowest BCUT2D eigenvalue weighted by Gasteiger charge is -2.31. The SMILES string of the molecule is Cc1nc2c(C)cccn2c1C(=O)NCCCC(=O)Nc1ccc(N2CCC(C)CC2)nc1. The Kier molecular flexibility index (Phi) is 6.91. The average molecular weight is 449 g/mol. The number of hydrogen-bond donors (Lipinski definition) is 2. The number of hydrogen-bond acceptors (Lipinski definition) is 5. The molecule has 1 fully saturated rings. The van der Waals surface area contributed by atoms with E-state index in [2.05, 4.69) is 32.4 Å². The molecular formula is C25H32N6O2. The number of aromatic nitrogens is 3. The summed E-state index contributed by atoms with van der Waals surface area (Å²) in [6.07, 6.45) is 6.79. The summed E-state index contributed by atoms with van der Waals surface area (Å²) in [5.74, 6) is 1.46.